The molecule has 0 saturated carbocycles. The van der Waals surface area contributed by atoms with E-state index in [1.807, 2.05) is 0 Å². The van der Waals surface area contributed by atoms with E-state index in [1.54, 1.807) is 0 Å². The van der Waals surface area contributed by atoms with E-state index in [0.717, 1.165) is 0 Å². The van der Waals surface area contributed by atoms with Crippen molar-refractivity contribution in [1.82, 2.24) is 0 Å². The molecule has 0 aliphatic heterocycles. The van der Waals surface area contributed by atoms with Crippen LogP contribution in [0.4, 0.5) is 5.69 Å². The lowest BCUT2D eigenvalue weighted by atomic mass is 9.98. The van der Waals surface area contributed by atoms with Crippen LogP contribution < -0.4 is 4.90 Å². The Hall–Kier alpha value is -0.980. The van der Waals surface area contributed by atoms with Crippen LogP contribution in [0, 0.1) is 0 Å². The Balaban J connectivity index is 2.81. The third kappa shape index (κ3) is 2.48. The van der Waals surface area contributed by atoms with Crippen LogP contribution in [-0.4, -0.2) is 14.1 Å². The van der Waals surface area contributed by atoms with Gasteiger partial charge >= 0.3 is 0 Å². The van der Waals surface area contributed by atoms with Crippen molar-refractivity contribution in [3.8, 4) is 0 Å². The van der Waals surface area contributed by atoms with Gasteiger partial charge in [-0.3, -0.25) is 0 Å². The first kappa shape index (κ1) is 10.1. The van der Waals surface area contributed by atoms with Gasteiger partial charge in [-0.25, -0.2) is 0 Å². The highest BCUT2D eigenvalue weighted by atomic mass is 15.1. The molecule has 0 aromatic heterocycles. The second-order valence-corrected chi connectivity index (χ2v) is 3.80. The molecule has 1 nitrogen and oxygen atoms in total. The molecule has 0 radical (unpaired) electrons. The molecule has 0 amide bonds. The van der Waals surface area contributed by atoms with E-state index in [0.29, 0.717) is 5.92 Å². The van der Waals surface area contributed by atoms with Crippen LogP contribution in [0.2, 0.25) is 0 Å². The monoisotopic (exact) mass is 177 g/mol. The second kappa shape index (κ2) is 4.31. The molecule has 0 fully saturated rings. The fourth-order valence-corrected chi connectivity index (χ4v) is 1.34. The van der Waals surface area contributed by atoms with Crippen molar-refractivity contribution in [3.05, 3.63) is 29.8 Å². The number of hydrogen-bond donors (Lipinski definition) is 0. The van der Waals surface area contributed by atoms with Gasteiger partial charge < -0.3 is 4.90 Å². The maximum atomic E-state index is 2.27. The lowest BCUT2D eigenvalue weighted by molar-refractivity contribution is 0.733. The summed E-state index contributed by atoms with van der Waals surface area (Å²) < 4.78 is 0. The van der Waals surface area contributed by atoms with Gasteiger partial charge in [0.2, 0.25) is 0 Å². The average molecular weight is 177 g/mol. The minimum Gasteiger partial charge on any atom is -0.378 e. The van der Waals surface area contributed by atoms with E-state index in [9.17, 15) is 0 Å². The molecule has 0 aliphatic carbocycles. The maximum absolute atomic E-state index is 2.27. The molecule has 13 heavy (non-hydrogen) atoms. The second-order valence-electron chi connectivity index (χ2n) is 3.80. The Morgan fingerprint density at radius 2 is 1.69 bits per heavy atom. The lowest BCUT2D eigenvalue weighted by Gasteiger charge is -2.14. The Morgan fingerprint density at radius 1 is 1.15 bits per heavy atom. The van der Waals surface area contributed by atoms with Crippen molar-refractivity contribution in [2.45, 2.75) is 26.2 Å². The minimum absolute atomic E-state index is 0.677. The van der Waals surface area contributed by atoms with Crippen molar-refractivity contribution in [2.75, 3.05) is 19.0 Å². The number of nitrogens with zero attached hydrogens (tertiary/aromatic N) is 1. The van der Waals surface area contributed by atoms with Crippen molar-refractivity contribution in [1.29, 1.82) is 0 Å². The van der Waals surface area contributed by atoms with Gasteiger partial charge in [-0.15, -0.1) is 0 Å². The smallest absolute Gasteiger partial charge is 0.0361 e. The molecule has 0 spiro atoms. The van der Waals surface area contributed by atoms with Crippen LogP contribution in [0.1, 0.15) is 31.7 Å². The highest BCUT2D eigenvalue weighted by molar-refractivity contribution is 5.46. The molecule has 1 aromatic carbocycles. The summed E-state index contributed by atoms with van der Waals surface area (Å²) in [5, 5.41) is 0. The van der Waals surface area contributed by atoms with Crippen LogP contribution in [0.15, 0.2) is 24.3 Å². The summed E-state index contributed by atoms with van der Waals surface area (Å²) >= 11 is 0. The van der Waals surface area contributed by atoms with Gasteiger partial charge in [0, 0.05) is 19.8 Å². The van der Waals surface area contributed by atoms with Crippen LogP contribution in [0.25, 0.3) is 0 Å². The zero-order chi connectivity index (χ0) is 9.84. The summed E-state index contributed by atoms with van der Waals surface area (Å²) in [5.74, 6) is 0.677. The molecule has 0 bridgehead atoms. The van der Waals surface area contributed by atoms with E-state index in [4.69, 9.17) is 0 Å². The number of anilines is 1. The van der Waals surface area contributed by atoms with E-state index >= 15 is 0 Å². The van der Waals surface area contributed by atoms with Crippen molar-refractivity contribution in [2.24, 2.45) is 0 Å². The Bertz CT molecular complexity index is 248. The van der Waals surface area contributed by atoms with Crippen LogP contribution in [-0.2, 0) is 0 Å². The molecule has 0 aliphatic rings. The molecule has 1 rings (SSSR count). The number of rotatable bonds is 3. The van der Waals surface area contributed by atoms with Crippen LogP contribution in [0.3, 0.4) is 0 Å². The molecular formula is C12H19N. The first-order chi connectivity index (χ1) is 6.15. The Kier molecular flexibility index (Phi) is 3.35. The van der Waals surface area contributed by atoms with Crippen molar-refractivity contribution in [3.63, 3.8) is 0 Å². The molecule has 1 aromatic rings. The van der Waals surface area contributed by atoms with Crippen LogP contribution >= 0.6 is 0 Å². The highest BCUT2D eigenvalue weighted by Crippen LogP contribution is 2.21. The summed E-state index contributed by atoms with van der Waals surface area (Å²) in [6.45, 7) is 4.50. The van der Waals surface area contributed by atoms with E-state index in [2.05, 4.69) is 57.1 Å². The summed E-state index contributed by atoms with van der Waals surface area (Å²) in [4.78, 5) is 2.13. The van der Waals surface area contributed by atoms with Crippen molar-refractivity contribution < 1.29 is 0 Å². The topological polar surface area (TPSA) is 3.24 Å². The Labute approximate surface area is 81.4 Å². The Morgan fingerprint density at radius 3 is 2.08 bits per heavy atom. The predicted octanol–water partition coefficient (Wildman–Crippen LogP) is 3.27. The molecule has 0 saturated heterocycles. The van der Waals surface area contributed by atoms with Gasteiger partial charge in [-0.05, 0) is 30.0 Å². The highest BCUT2D eigenvalue weighted by Gasteiger charge is 2.02. The van der Waals surface area contributed by atoms with Gasteiger partial charge in [-0.2, -0.15) is 0 Å². The van der Waals surface area contributed by atoms with E-state index in [1.165, 1.54) is 17.7 Å². The lowest BCUT2D eigenvalue weighted by Crippen LogP contribution is -2.08. The quantitative estimate of drug-likeness (QED) is 0.685. The van der Waals surface area contributed by atoms with Crippen molar-refractivity contribution >= 4 is 5.69 Å². The zero-order valence-corrected chi connectivity index (χ0v) is 9.04. The van der Waals surface area contributed by atoms with Crippen LogP contribution in [0.5, 0.6) is 0 Å². The van der Waals surface area contributed by atoms with Gasteiger partial charge in [0.05, 0.1) is 0 Å². The first-order valence-electron chi connectivity index (χ1n) is 4.92. The molecule has 0 heterocycles. The zero-order valence-electron chi connectivity index (χ0n) is 9.04. The summed E-state index contributed by atoms with van der Waals surface area (Å²) in [6, 6.07) is 8.82. The average Bonchev–Trinajstić information content (AvgIpc) is 2.17. The SMILES string of the molecule is CC[C@@H](C)c1ccc(N(C)C)cc1. The molecule has 72 valence electrons. The summed E-state index contributed by atoms with van der Waals surface area (Å²) in [7, 11) is 4.14. The molecule has 0 unspecified atom stereocenters. The first-order valence-corrected chi connectivity index (χ1v) is 4.92. The third-order valence-corrected chi connectivity index (χ3v) is 2.59. The normalized spacial score (nSPS) is 12.6. The van der Waals surface area contributed by atoms with Gasteiger partial charge in [0.25, 0.3) is 0 Å². The fourth-order valence-electron chi connectivity index (χ4n) is 1.34. The molecule has 1 heteroatoms. The number of benzene rings is 1. The van der Waals surface area contributed by atoms with E-state index in [-0.39, 0.29) is 0 Å². The molecular weight excluding hydrogens is 158 g/mol. The number of hydrogen-bond acceptors (Lipinski definition) is 1. The maximum Gasteiger partial charge on any atom is 0.0361 e. The standard InChI is InChI=1S/C12H19N/c1-5-10(2)11-6-8-12(9-7-11)13(3)4/h6-10H,5H2,1-4H3/t10-/m1/s1. The molecule has 1 atom stereocenters. The van der Waals surface area contributed by atoms with E-state index < -0.39 is 0 Å². The predicted molar refractivity (Wildman–Crippen MR) is 59.5 cm³/mol. The summed E-state index contributed by atoms with van der Waals surface area (Å²) in [6.07, 6.45) is 1.21. The van der Waals surface area contributed by atoms with Gasteiger partial charge in [0.1, 0.15) is 0 Å². The molecule has 0 N–H and O–H groups in total. The largest absolute Gasteiger partial charge is 0.378 e. The van der Waals surface area contributed by atoms with Gasteiger partial charge in [0.15, 0.2) is 0 Å². The summed E-state index contributed by atoms with van der Waals surface area (Å²) in [5.41, 5.74) is 2.71. The third-order valence-electron chi connectivity index (χ3n) is 2.59. The fraction of sp³-hybridized carbons (Fsp3) is 0.500. The van der Waals surface area contributed by atoms with Gasteiger partial charge in [-0.1, -0.05) is 26.0 Å². The minimum atomic E-state index is 0.677.